The third kappa shape index (κ3) is 3.02. The molecule has 16 heavy (non-hydrogen) atoms. The van der Waals surface area contributed by atoms with Gasteiger partial charge in [-0.15, -0.1) is 0 Å². The molecular weight excluding hydrogens is 202 g/mol. The van der Waals surface area contributed by atoms with Crippen LogP contribution in [-0.4, -0.2) is 24.2 Å². The van der Waals surface area contributed by atoms with Crippen LogP contribution in [0.5, 0.6) is 0 Å². The van der Waals surface area contributed by atoms with Crippen LogP contribution in [0.25, 0.3) is 0 Å². The summed E-state index contributed by atoms with van der Waals surface area (Å²) in [6.45, 7) is 2.58. The Morgan fingerprint density at radius 3 is 3.31 bits per heavy atom. The van der Waals surface area contributed by atoms with E-state index >= 15 is 0 Å². The lowest BCUT2D eigenvalue weighted by atomic mass is 10.1. The summed E-state index contributed by atoms with van der Waals surface area (Å²) in [5.41, 5.74) is 1.46. The van der Waals surface area contributed by atoms with Crippen LogP contribution in [0.15, 0.2) is 18.3 Å². The van der Waals surface area contributed by atoms with Gasteiger partial charge in [-0.2, -0.15) is 5.26 Å². The summed E-state index contributed by atoms with van der Waals surface area (Å²) in [5, 5.41) is 12.0. The van der Waals surface area contributed by atoms with E-state index in [0.717, 1.165) is 25.1 Å². The predicted octanol–water partition coefficient (Wildman–Crippen LogP) is 1.22. The second-order valence-electron chi connectivity index (χ2n) is 3.94. The Morgan fingerprint density at radius 2 is 2.56 bits per heavy atom. The third-order valence-corrected chi connectivity index (χ3v) is 2.68. The van der Waals surface area contributed by atoms with E-state index in [9.17, 15) is 0 Å². The monoisotopic (exact) mass is 217 g/mol. The Labute approximate surface area is 95.3 Å². The molecule has 0 bridgehead atoms. The minimum Gasteiger partial charge on any atom is -0.372 e. The zero-order valence-electron chi connectivity index (χ0n) is 9.15. The topological polar surface area (TPSA) is 57.9 Å². The highest BCUT2D eigenvalue weighted by Crippen LogP contribution is 2.10. The van der Waals surface area contributed by atoms with Crippen LogP contribution in [0.3, 0.4) is 0 Å². The average molecular weight is 217 g/mol. The summed E-state index contributed by atoms with van der Waals surface area (Å²) in [4.78, 5) is 3.92. The van der Waals surface area contributed by atoms with Gasteiger partial charge in [0.05, 0.1) is 12.7 Å². The highest BCUT2D eigenvalue weighted by atomic mass is 16.5. The molecule has 1 aromatic rings. The van der Waals surface area contributed by atoms with Crippen molar-refractivity contribution < 1.29 is 4.74 Å². The van der Waals surface area contributed by atoms with Crippen molar-refractivity contribution >= 4 is 0 Å². The highest BCUT2D eigenvalue weighted by Gasteiger charge is 2.12. The second-order valence-corrected chi connectivity index (χ2v) is 3.94. The first-order chi connectivity index (χ1) is 7.88. The number of nitrogens with zero attached hydrogens (tertiary/aromatic N) is 2. The van der Waals surface area contributed by atoms with Crippen LogP contribution in [0, 0.1) is 11.3 Å². The van der Waals surface area contributed by atoms with E-state index in [2.05, 4.69) is 10.3 Å². The quantitative estimate of drug-likeness (QED) is 0.827. The van der Waals surface area contributed by atoms with Crippen LogP contribution < -0.4 is 5.32 Å². The molecule has 1 unspecified atom stereocenters. The van der Waals surface area contributed by atoms with Crippen LogP contribution in [-0.2, 0) is 11.3 Å². The van der Waals surface area contributed by atoms with Crippen LogP contribution >= 0.6 is 0 Å². The molecule has 1 saturated heterocycles. The lowest BCUT2D eigenvalue weighted by Gasteiger charge is -2.23. The third-order valence-electron chi connectivity index (χ3n) is 2.68. The molecule has 1 N–H and O–H groups in total. The number of pyridine rings is 1. The standard InChI is InChI=1S/C12H15N3O/c13-7-11-6-10(3-5-15-11)9-16-12-2-1-4-14-8-12/h3,5-6,12,14H,1-2,4,8-9H2. The van der Waals surface area contributed by atoms with E-state index in [0.29, 0.717) is 18.4 Å². The van der Waals surface area contributed by atoms with Gasteiger partial charge in [-0.3, -0.25) is 0 Å². The molecule has 2 heterocycles. The molecular formula is C12H15N3O. The fourth-order valence-corrected chi connectivity index (χ4v) is 1.80. The first-order valence-corrected chi connectivity index (χ1v) is 5.56. The van der Waals surface area contributed by atoms with Gasteiger partial charge in [-0.25, -0.2) is 4.98 Å². The normalized spacial score (nSPS) is 20.3. The first kappa shape index (κ1) is 11.1. The van der Waals surface area contributed by atoms with E-state index in [4.69, 9.17) is 10.00 Å². The van der Waals surface area contributed by atoms with Crippen molar-refractivity contribution in [1.82, 2.24) is 10.3 Å². The van der Waals surface area contributed by atoms with Gasteiger partial charge in [0.1, 0.15) is 11.8 Å². The minimum atomic E-state index is 0.299. The Balaban J connectivity index is 1.86. The summed E-state index contributed by atoms with van der Waals surface area (Å²) < 4.78 is 5.77. The van der Waals surface area contributed by atoms with Crippen molar-refractivity contribution in [2.24, 2.45) is 0 Å². The molecule has 0 spiro atoms. The Bertz CT molecular complexity index is 380. The molecule has 0 amide bonds. The van der Waals surface area contributed by atoms with E-state index in [1.165, 1.54) is 6.42 Å². The molecule has 0 radical (unpaired) electrons. The van der Waals surface area contributed by atoms with E-state index in [-0.39, 0.29) is 0 Å². The number of piperidine rings is 1. The van der Waals surface area contributed by atoms with Crippen LogP contribution in [0.2, 0.25) is 0 Å². The molecule has 84 valence electrons. The van der Waals surface area contributed by atoms with Crippen molar-refractivity contribution in [2.75, 3.05) is 13.1 Å². The Kier molecular flexibility index (Phi) is 3.86. The number of aromatic nitrogens is 1. The van der Waals surface area contributed by atoms with Crippen molar-refractivity contribution in [1.29, 1.82) is 5.26 Å². The Morgan fingerprint density at radius 1 is 1.62 bits per heavy atom. The first-order valence-electron chi connectivity index (χ1n) is 5.56. The number of nitriles is 1. The van der Waals surface area contributed by atoms with E-state index < -0.39 is 0 Å². The fourth-order valence-electron chi connectivity index (χ4n) is 1.80. The van der Waals surface area contributed by atoms with Gasteiger partial charge in [0.25, 0.3) is 0 Å². The summed E-state index contributed by atoms with van der Waals surface area (Å²) in [5.74, 6) is 0. The van der Waals surface area contributed by atoms with Gasteiger partial charge < -0.3 is 10.1 Å². The number of nitrogens with one attached hydrogen (secondary N) is 1. The second kappa shape index (κ2) is 5.59. The largest absolute Gasteiger partial charge is 0.372 e. The number of rotatable bonds is 3. The lowest BCUT2D eigenvalue weighted by molar-refractivity contribution is 0.0252. The molecule has 1 atom stereocenters. The number of hydrogen-bond acceptors (Lipinski definition) is 4. The molecule has 4 nitrogen and oxygen atoms in total. The maximum absolute atomic E-state index is 8.72. The van der Waals surface area contributed by atoms with Gasteiger partial charge in [-0.1, -0.05) is 0 Å². The van der Waals surface area contributed by atoms with Gasteiger partial charge in [0.2, 0.25) is 0 Å². The summed E-state index contributed by atoms with van der Waals surface area (Å²) >= 11 is 0. The molecule has 1 aliphatic heterocycles. The molecule has 1 aliphatic rings. The molecule has 0 aliphatic carbocycles. The molecule has 0 saturated carbocycles. The van der Waals surface area contributed by atoms with Gasteiger partial charge in [-0.05, 0) is 37.1 Å². The maximum Gasteiger partial charge on any atom is 0.140 e. The van der Waals surface area contributed by atoms with Gasteiger partial charge in [0.15, 0.2) is 0 Å². The molecule has 0 aromatic carbocycles. The van der Waals surface area contributed by atoms with Crippen molar-refractivity contribution in [3.05, 3.63) is 29.6 Å². The zero-order chi connectivity index (χ0) is 11.2. The SMILES string of the molecule is N#Cc1cc(COC2CCCNC2)ccn1. The average Bonchev–Trinajstić information content (AvgIpc) is 2.38. The lowest BCUT2D eigenvalue weighted by Crippen LogP contribution is -2.35. The predicted molar refractivity (Wildman–Crippen MR) is 59.6 cm³/mol. The Hall–Kier alpha value is -1.44. The molecule has 1 fully saturated rings. The van der Waals surface area contributed by atoms with Crippen molar-refractivity contribution in [3.63, 3.8) is 0 Å². The molecule has 2 rings (SSSR count). The summed E-state index contributed by atoms with van der Waals surface area (Å²) in [6.07, 6.45) is 4.23. The zero-order valence-corrected chi connectivity index (χ0v) is 9.15. The summed E-state index contributed by atoms with van der Waals surface area (Å²) in [7, 11) is 0. The fraction of sp³-hybridized carbons (Fsp3) is 0.500. The van der Waals surface area contributed by atoms with E-state index in [1.807, 2.05) is 12.1 Å². The highest BCUT2D eigenvalue weighted by molar-refractivity contribution is 5.24. The van der Waals surface area contributed by atoms with E-state index in [1.54, 1.807) is 12.3 Å². The van der Waals surface area contributed by atoms with Crippen LogP contribution in [0.4, 0.5) is 0 Å². The number of hydrogen-bond donors (Lipinski definition) is 1. The van der Waals surface area contributed by atoms with Crippen LogP contribution in [0.1, 0.15) is 24.1 Å². The minimum absolute atomic E-state index is 0.299. The smallest absolute Gasteiger partial charge is 0.140 e. The van der Waals surface area contributed by atoms with Gasteiger partial charge in [0, 0.05) is 12.7 Å². The van der Waals surface area contributed by atoms with Gasteiger partial charge >= 0.3 is 0 Å². The molecule has 1 aromatic heterocycles. The maximum atomic E-state index is 8.72. The molecule has 4 heteroatoms. The number of ether oxygens (including phenoxy) is 1. The van der Waals surface area contributed by atoms with Crippen molar-refractivity contribution in [3.8, 4) is 6.07 Å². The van der Waals surface area contributed by atoms with Crippen molar-refractivity contribution in [2.45, 2.75) is 25.6 Å². The summed E-state index contributed by atoms with van der Waals surface area (Å²) in [6, 6.07) is 5.69.